The first-order chi connectivity index (χ1) is 16.2. The van der Waals surface area contributed by atoms with Gasteiger partial charge >= 0.3 is 0 Å². The Hall–Kier alpha value is -1.68. The maximum absolute atomic E-state index is 13.5. The fourth-order valence-corrected chi connectivity index (χ4v) is 9.18. The van der Waals surface area contributed by atoms with Crippen LogP contribution in [0.5, 0.6) is 0 Å². The third kappa shape index (κ3) is 3.94. The Bertz CT molecular complexity index is 955. The number of para-hydroxylation sites is 1. The molecule has 4 saturated carbocycles. The molecule has 0 unspecified atom stereocenters. The fourth-order valence-electron chi connectivity index (χ4n) is 9.18. The highest BCUT2D eigenvalue weighted by Crippen LogP contribution is 2.68. The minimum Gasteiger partial charge on any atom is -0.390 e. The highest BCUT2D eigenvalue weighted by molar-refractivity contribution is 5.90. The summed E-state index contributed by atoms with van der Waals surface area (Å²) in [6.07, 6.45) is 12.2. The maximum Gasteiger partial charge on any atom is 0.155 e. The number of carbonyl (C=O) groups excluding carboxylic acids is 1. The molecule has 0 amide bonds. The summed E-state index contributed by atoms with van der Waals surface area (Å²) in [6.45, 7) is 7.45. The SMILES string of the molecule is CN=Cc1ccccc1NCC(=O)[C@H]1CC[C@H]2[C@@H]3CC[C@@H]4C[C@](C)(O)CC[C@]4(C)[C@H]3CC[C@]12C. The van der Waals surface area contributed by atoms with Gasteiger partial charge in [-0.3, -0.25) is 9.79 Å². The van der Waals surface area contributed by atoms with Crippen molar-refractivity contribution >= 4 is 17.7 Å². The van der Waals surface area contributed by atoms with Crippen molar-refractivity contribution in [1.29, 1.82) is 0 Å². The van der Waals surface area contributed by atoms with E-state index in [2.05, 4.69) is 24.2 Å². The van der Waals surface area contributed by atoms with Crippen molar-refractivity contribution in [1.82, 2.24) is 0 Å². The first kappa shape index (κ1) is 24.0. The van der Waals surface area contributed by atoms with Crippen molar-refractivity contribution < 1.29 is 9.90 Å². The van der Waals surface area contributed by atoms with Crippen LogP contribution in [-0.4, -0.2) is 36.3 Å². The molecule has 0 saturated heterocycles. The summed E-state index contributed by atoms with van der Waals surface area (Å²) in [4.78, 5) is 17.7. The van der Waals surface area contributed by atoms with Crippen molar-refractivity contribution in [3.05, 3.63) is 29.8 Å². The molecule has 0 radical (unpaired) electrons. The van der Waals surface area contributed by atoms with E-state index in [-0.39, 0.29) is 11.3 Å². The van der Waals surface area contributed by atoms with Gasteiger partial charge in [0, 0.05) is 30.4 Å². The van der Waals surface area contributed by atoms with Crippen LogP contribution in [0.15, 0.2) is 29.3 Å². The Labute approximate surface area is 206 Å². The smallest absolute Gasteiger partial charge is 0.155 e. The second-order valence-corrected chi connectivity index (χ2v) is 12.8. The number of hydrogen-bond acceptors (Lipinski definition) is 4. The maximum atomic E-state index is 13.5. The first-order valence-electron chi connectivity index (χ1n) is 13.7. The fraction of sp³-hybridized carbons (Fsp3) is 0.733. The minimum absolute atomic E-state index is 0.147. The average Bonchev–Trinajstić information content (AvgIpc) is 3.16. The predicted molar refractivity (Wildman–Crippen MR) is 139 cm³/mol. The van der Waals surface area contributed by atoms with Crippen molar-refractivity contribution in [3.63, 3.8) is 0 Å². The van der Waals surface area contributed by atoms with Crippen molar-refractivity contribution in [2.75, 3.05) is 18.9 Å². The standard InChI is InChI=1S/C30H44N2O2/c1-28(34)15-16-29(2)21(17-28)9-10-22-23-11-12-25(30(23,3)14-13-24(22)29)27(33)19-32-26-8-6-5-7-20(26)18-31-4/h5-8,18,21-25,32,34H,9-17,19H2,1-4H3/t21-,22+,23+,24+,25-,28-,29+,30+/m1/s1. The van der Waals surface area contributed by atoms with Gasteiger partial charge in [-0.15, -0.1) is 0 Å². The second-order valence-electron chi connectivity index (χ2n) is 12.8. The van der Waals surface area contributed by atoms with Crippen LogP contribution >= 0.6 is 0 Å². The summed E-state index contributed by atoms with van der Waals surface area (Å²) in [5, 5.41) is 14.2. The van der Waals surface area contributed by atoms with E-state index in [1.807, 2.05) is 37.4 Å². The van der Waals surface area contributed by atoms with E-state index in [0.717, 1.165) is 42.3 Å². The average molecular weight is 465 g/mol. The van der Waals surface area contributed by atoms with Crippen molar-refractivity contribution in [2.24, 2.45) is 45.4 Å². The summed E-state index contributed by atoms with van der Waals surface area (Å²) < 4.78 is 0. The van der Waals surface area contributed by atoms with Crippen LogP contribution in [0.4, 0.5) is 5.69 Å². The largest absolute Gasteiger partial charge is 0.390 e. The Balaban J connectivity index is 1.29. The van der Waals surface area contributed by atoms with Gasteiger partial charge in [0.1, 0.15) is 0 Å². The summed E-state index contributed by atoms with van der Waals surface area (Å²) >= 11 is 0. The van der Waals surface area contributed by atoms with Crippen LogP contribution in [0, 0.1) is 40.4 Å². The van der Waals surface area contributed by atoms with Gasteiger partial charge in [-0.1, -0.05) is 32.0 Å². The van der Waals surface area contributed by atoms with Crippen LogP contribution in [0.25, 0.3) is 0 Å². The highest BCUT2D eigenvalue weighted by atomic mass is 16.3. The molecule has 4 aliphatic carbocycles. The van der Waals surface area contributed by atoms with Crippen LogP contribution in [-0.2, 0) is 4.79 Å². The number of anilines is 1. The molecule has 8 atom stereocenters. The molecular weight excluding hydrogens is 420 g/mol. The van der Waals surface area contributed by atoms with Crippen LogP contribution in [0.1, 0.15) is 84.1 Å². The van der Waals surface area contributed by atoms with Gasteiger partial charge in [-0.05, 0) is 105 Å². The summed E-state index contributed by atoms with van der Waals surface area (Å²) in [5.74, 6) is 3.44. The van der Waals surface area contributed by atoms with E-state index in [9.17, 15) is 9.90 Å². The third-order valence-corrected chi connectivity index (χ3v) is 11.0. The summed E-state index contributed by atoms with van der Waals surface area (Å²) in [7, 11) is 1.78. The number of benzene rings is 1. The van der Waals surface area contributed by atoms with E-state index in [1.165, 1.54) is 38.5 Å². The van der Waals surface area contributed by atoms with Gasteiger partial charge in [0.05, 0.1) is 12.1 Å². The monoisotopic (exact) mass is 464 g/mol. The number of rotatable bonds is 5. The molecule has 2 N–H and O–H groups in total. The number of nitrogens with zero attached hydrogens (tertiary/aromatic N) is 1. The van der Waals surface area contributed by atoms with E-state index < -0.39 is 5.60 Å². The first-order valence-corrected chi connectivity index (χ1v) is 13.7. The quantitative estimate of drug-likeness (QED) is 0.516. The number of carbonyl (C=O) groups is 1. The van der Waals surface area contributed by atoms with E-state index in [0.29, 0.717) is 29.6 Å². The lowest BCUT2D eigenvalue weighted by Crippen LogP contribution is -2.55. The van der Waals surface area contributed by atoms with Gasteiger partial charge in [-0.25, -0.2) is 0 Å². The zero-order chi connectivity index (χ0) is 24.1. The second kappa shape index (κ2) is 8.76. The lowest BCUT2D eigenvalue weighted by atomic mass is 9.44. The molecule has 0 spiro atoms. The molecule has 0 heterocycles. The summed E-state index contributed by atoms with van der Waals surface area (Å²) in [6, 6.07) is 8.09. The normalized spacial score (nSPS) is 43.7. The minimum atomic E-state index is -0.473. The Kier molecular flexibility index (Phi) is 6.19. The number of ketones is 1. The number of hydrogen-bond donors (Lipinski definition) is 2. The predicted octanol–water partition coefficient (Wildman–Crippen LogP) is 6.13. The van der Waals surface area contributed by atoms with Crippen molar-refractivity contribution in [3.8, 4) is 0 Å². The molecule has 1 aromatic carbocycles. The zero-order valence-electron chi connectivity index (χ0n) is 21.6. The Morgan fingerprint density at radius 3 is 2.59 bits per heavy atom. The molecular formula is C30H44N2O2. The molecule has 34 heavy (non-hydrogen) atoms. The third-order valence-electron chi connectivity index (χ3n) is 11.0. The molecule has 1 aromatic rings. The number of aliphatic imine (C=N–C) groups is 1. The Morgan fingerprint density at radius 2 is 1.79 bits per heavy atom. The topological polar surface area (TPSA) is 61.7 Å². The number of fused-ring (bicyclic) bond motifs is 5. The molecule has 0 aromatic heterocycles. The van der Waals surface area contributed by atoms with E-state index >= 15 is 0 Å². The number of aliphatic hydroxyl groups is 1. The van der Waals surface area contributed by atoms with Gasteiger partial charge in [-0.2, -0.15) is 0 Å². The lowest BCUT2D eigenvalue weighted by molar-refractivity contribution is -0.150. The molecule has 0 bridgehead atoms. The van der Waals surface area contributed by atoms with Gasteiger partial charge in [0.25, 0.3) is 0 Å². The van der Waals surface area contributed by atoms with Gasteiger partial charge in [0.2, 0.25) is 0 Å². The number of nitrogens with one attached hydrogen (secondary N) is 1. The molecule has 4 aliphatic rings. The van der Waals surface area contributed by atoms with Gasteiger partial charge in [0.15, 0.2) is 5.78 Å². The van der Waals surface area contributed by atoms with Gasteiger partial charge < -0.3 is 10.4 Å². The molecule has 0 aliphatic heterocycles. The number of Topliss-reactive ketones (excluding diaryl/α,β-unsaturated/α-hetero) is 1. The van der Waals surface area contributed by atoms with E-state index in [1.54, 1.807) is 7.05 Å². The molecule has 4 heteroatoms. The summed E-state index contributed by atoms with van der Waals surface area (Å²) in [5.41, 5.74) is 2.07. The highest BCUT2D eigenvalue weighted by Gasteiger charge is 2.61. The van der Waals surface area contributed by atoms with Crippen molar-refractivity contribution in [2.45, 2.75) is 84.2 Å². The molecule has 4 fully saturated rings. The molecule has 186 valence electrons. The van der Waals surface area contributed by atoms with Crippen LogP contribution in [0.3, 0.4) is 0 Å². The molecule has 4 nitrogen and oxygen atoms in total. The Morgan fingerprint density at radius 1 is 1.03 bits per heavy atom. The van der Waals surface area contributed by atoms with E-state index in [4.69, 9.17) is 0 Å². The van der Waals surface area contributed by atoms with Crippen LogP contribution in [0.2, 0.25) is 0 Å². The van der Waals surface area contributed by atoms with Crippen LogP contribution < -0.4 is 5.32 Å². The molecule has 5 rings (SSSR count). The lowest BCUT2D eigenvalue weighted by Gasteiger charge is -2.61. The zero-order valence-corrected chi connectivity index (χ0v) is 21.6.